The van der Waals surface area contributed by atoms with Gasteiger partial charge in [0.15, 0.2) is 0 Å². The van der Waals surface area contributed by atoms with Crippen LogP contribution in [0, 0.1) is 10.1 Å². The van der Waals surface area contributed by atoms with Crippen LogP contribution < -0.4 is 5.32 Å². The fraction of sp³-hybridized carbons (Fsp3) is 0.417. The highest BCUT2D eigenvalue weighted by atomic mass is 79.9. The number of carbonyl (C=O) groups excluding carboxylic acids is 1. The normalized spacial score (nSPS) is 18.3. The van der Waals surface area contributed by atoms with E-state index in [9.17, 15) is 14.9 Å². The first-order chi connectivity index (χ1) is 8.99. The minimum atomic E-state index is -0.497. The van der Waals surface area contributed by atoms with E-state index in [0.29, 0.717) is 16.6 Å². The van der Waals surface area contributed by atoms with Crippen molar-refractivity contribution < 1.29 is 9.72 Å². The molecule has 8 heteroatoms. The Morgan fingerprint density at radius 1 is 1.50 bits per heavy atom. The van der Waals surface area contributed by atoms with Gasteiger partial charge < -0.3 is 10.2 Å². The molecule has 1 aromatic carbocycles. The van der Waals surface area contributed by atoms with E-state index in [1.54, 1.807) is 11.0 Å². The molecular formula is C12H15BrClN3O3. The number of nitro benzene ring substituents is 1. The van der Waals surface area contributed by atoms with Crippen molar-refractivity contribution in [3.8, 4) is 0 Å². The standard InChI is InChI=1S/C12H14BrN3O3.ClH/c1-8-7-14-2-3-15(8)12(17)9-4-10(13)6-11(5-9)16(18)19;/h4-6,8,14H,2-3,7H2,1H3;1H. The van der Waals surface area contributed by atoms with Gasteiger partial charge in [0.05, 0.1) is 4.92 Å². The van der Waals surface area contributed by atoms with Gasteiger partial charge in [-0.05, 0) is 13.0 Å². The number of nitrogens with one attached hydrogen (secondary N) is 1. The lowest BCUT2D eigenvalue weighted by Crippen LogP contribution is -2.52. The Kier molecular flexibility index (Phi) is 5.91. The minimum Gasteiger partial charge on any atom is -0.333 e. The smallest absolute Gasteiger partial charge is 0.271 e. The Balaban J connectivity index is 0.00000200. The SMILES string of the molecule is CC1CNCCN1C(=O)c1cc(Br)cc([N+](=O)[O-])c1.Cl. The molecule has 6 nitrogen and oxygen atoms in total. The first-order valence-electron chi connectivity index (χ1n) is 5.95. The zero-order valence-electron chi connectivity index (χ0n) is 10.8. The Morgan fingerprint density at radius 2 is 2.20 bits per heavy atom. The summed E-state index contributed by atoms with van der Waals surface area (Å²) in [4.78, 5) is 24.5. The van der Waals surface area contributed by atoms with Crippen LogP contribution in [0.4, 0.5) is 5.69 Å². The molecule has 1 aromatic rings. The number of halogens is 2. The van der Waals surface area contributed by atoms with Gasteiger partial charge in [-0.25, -0.2) is 0 Å². The molecule has 2 rings (SSSR count). The van der Waals surface area contributed by atoms with Crippen molar-refractivity contribution in [1.82, 2.24) is 10.2 Å². The summed E-state index contributed by atoms with van der Waals surface area (Å²) in [5, 5.41) is 14.0. The average Bonchev–Trinajstić information content (AvgIpc) is 2.37. The number of hydrogen-bond acceptors (Lipinski definition) is 4. The van der Waals surface area contributed by atoms with Crippen LogP contribution in [-0.4, -0.2) is 41.4 Å². The highest BCUT2D eigenvalue weighted by Gasteiger charge is 2.25. The highest BCUT2D eigenvalue weighted by molar-refractivity contribution is 9.10. The van der Waals surface area contributed by atoms with Crippen molar-refractivity contribution in [2.75, 3.05) is 19.6 Å². The first-order valence-corrected chi connectivity index (χ1v) is 6.75. The Labute approximate surface area is 131 Å². The number of carbonyl (C=O) groups is 1. The van der Waals surface area contributed by atoms with Gasteiger partial charge >= 0.3 is 0 Å². The molecule has 20 heavy (non-hydrogen) atoms. The van der Waals surface area contributed by atoms with E-state index in [4.69, 9.17) is 0 Å². The predicted molar refractivity (Wildman–Crippen MR) is 81.4 cm³/mol. The lowest BCUT2D eigenvalue weighted by Gasteiger charge is -2.34. The van der Waals surface area contributed by atoms with Crippen LogP contribution >= 0.6 is 28.3 Å². The van der Waals surface area contributed by atoms with Crippen molar-refractivity contribution in [3.05, 3.63) is 38.3 Å². The molecule has 0 aliphatic carbocycles. The predicted octanol–water partition coefficient (Wildman–Crippen LogP) is 2.21. The zero-order chi connectivity index (χ0) is 14.0. The maximum absolute atomic E-state index is 12.4. The van der Waals surface area contributed by atoms with Gasteiger partial charge in [-0.1, -0.05) is 15.9 Å². The van der Waals surface area contributed by atoms with Gasteiger partial charge in [-0.3, -0.25) is 14.9 Å². The third-order valence-corrected chi connectivity index (χ3v) is 3.56. The largest absolute Gasteiger partial charge is 0.333 e. The van der Waals surface area contributed by atoms with Crippen molar-refractivity contribution in [3.63, 3.8) is 0 Å². The van der Waals surface area contributed by atoms with Gasteiger partial charge in [0.1, 0.15) is 0 Å². The van der Waals surface area contributed by atoms with E-state index in [2.05, 4.69) is 21.2 Å². The maximum Gasteiger partial charge on any atom is 0.271 e. The summed E-state index contributed by atoms with van der Waals surface area (Å²) in [5.41, 5.74) is 0.260. The molecule has 0 radical (unpaired) electrons. The molecule has 1 unspecified atom stereocenters. The van der Waals surface area contributed by atoms with Crippen LogP contribution in [0.3, 0.4) is 0 Å². The van der Waals surface area contributed by atoms with E-state index in [0.717, 1.165) is 13.1 Å². The lowest BCUT2D eigenvalue weighted by atomic mass is 10.1. The molecule has 1 aliphatic rings. The van der Waals surface area contributed by atoms with Crippen LogP contribution in [0.5, 0.6) is 0 Å². The van der Waals surface area contributed by atoms with Crippen LogP contribution in [0.15, 0.2) is 22.7 Å². The fourth-order valence-electron chi connectivity index (χ4n) is 2.11. The number of piperazine rings is 1. The molecule has 1 aliphatic heterocycles. The summed E-state index contributed by atoms with van der Waals surface area (Å²) >= 11 is 3.20. The van der Waals surface area contributed by atoms with Gasteiger partial charge in [0.2, 0.25) is 0 Å². The second-order valence-electron chi connectivity index (χ2n) is 4.51. The maximum atomic E-state index is 12.4. The van der Waals surface area contributed by atoms with E-state index in [-0.39, 0.29) is 30.0 Å². The van der Waals surface area contributed by atoms with Crippen molar-refractivity contribution in [1.29, 1.82) is 0 Å². The molecule has 1 heterocycles. The van der Waals surface area contributed by atoms with E-state index < -0.39 is 4.92 Å². The lowest BCUT2D eigenvalue weighted by molar-refractivity contribution is -0.385. The second-order valence-corrected chi connectivity index (χ2v) is 5.42. The van der Waals surface area contributed by atoms with Crippen molar-refractivity contribution >= 4 is 39.9 Å². The Morgan fingerprint density at radius 3 is 2.80 bits per heavy atom. The zero-order valence-corrected chi connectivity index (χ0v) is 13.2. The van der Waals surface area contributed by atoms with Gasteiger partial charge in [-0.2, -0.15) is 0 Å². The quantitative estimate of drug-likeness (QED) is 0.645. The van der Waals surface area contributed by atoms with E-state index in [1.807, 2.05) is 6.92 Å². The molecule has 110 valence electrons. The molecule has 0 saturated carbocycles. The van der Waals surface area contributed by atoms with Crippen LogP contribution in [0.1, 0.15) is 17.3 Å². The molecule has 1 saturated heterocycles. The van der Waals surface area contributed by atoms with Crippen LogP contribution in [0.25, 0.3) is 0 Å². The third-order valence-electron chi connectivity index (χ3n) is 3.10. The average molecular weight is 365 g/mol. The topological polar surface area (TPSA) is 75.5 Å². The van der Waals surface area contributed by atoms with Gasteiger partial charge in [0, 0.05) is 47.8 Å². The number of amides is 1. The fourth-order valence-corrected chi connectivity index (χ4v) is 2.59. The number of rotatable bonds is 2. The molecule has 1 amide bonds. The molecule has 1 N–H and O–H groups in total. The summed E-state index contributed by atoms with van der Waals surface area (Å²) < 4.78 is 0.535. The monoisotopic (exact) mass is 363 g/mol. The summed E-state index contributed by atoms with van der Waals surface area (Å²) in [7, 11) is 0. The number of non-ortho nitro benzene ring substituents is 1. The summed E-state index contributed by atoms with van der Waals surface area (Å²) in [5.74, 6) is -0.168. The Bertz CT molecular complexity index is 527. The number of hydrogen-bond donors (Lipinski definition) is 1. The third kappa shape index (κ3) is 3.68. The van der Waals surface area contributed by atoms with Crippen molar-refractivity contribution in [2.24, 2.45) is 0 Å². The molecule has 1 atom stereocenters. The molecule has 0 bridgehead atoms. The molecule has 1 fully saturated rings. The van der Waals surface area contributed by atoms with Crippen molar-refractivity contribution in [2.45, 2.75) is 13.0 Å². The summed E-state index contributed by atoms with van der Waals surface area (Å²) in [6.45, 7) is 4.05. The molecule has 0 aromatic heterocycles. The number of benzene rings is 1. The second kappa shape index (κ2) is 7.01. The van der Waals surface area contributed by atoms with Gasteiger partial charge in [0.25, 0.3) is 11.6 Å². The Hall–Kier alpha value is -1.18. The summed E-state index contributed by atoms with van der Waals surface area (Å²) in [6.07, 6.45) is 0. The molecule has 0 spiro atoms. The number of nitrogens with zero attached hydrogens (tertiary/aromatic N) is 2. The van der Waals surface area contributed by atoms with E-state index >= 15 is 0 Å². The van der Waals surface area contributed by atoms with E-state index in [1.165, 1.54) is 12.1 Å². The molecular weight excluding hydrogens is 350 g/mol. The minimum absolute atomic E-state index is 0. The summed E-state index contributed by atoms with van der Waals surface area (Å²) in [6, 6.07) is 4.41. The number of nitro groups is 1. The van der Waals surface area contributed by atoms with Gasteiger partial charge in [-0.15, -0.1) is 12.4 Å². The van der Waals surface area contributed by atoms with Crippen LogP contribution in [-0.2, 0) is 0 Å². The first kappa shape index (κ1) is 16.9. The van der Waals surface area contributed by atoms with Crippen LogP contribution in [0.2, 0.25) is 0 Å². The highest BCUT2D eigenvalue weighted by Crippen LogP contribution is 2.23.